The van der Waals surface area contributed by atoms with Crippen molar-refractivity contribution in [3.63, 3.8) is 0 Å². The number of ether oxygens (including phenoxy) is 2. The van der Waals surface area contributed by atoms with Gasteiger partial charge in [-0.25, -0.2) is 0 Å². The lowest BCUT2D eigenvalue weighted by Crippen LogP contribution is -2.20. The van der Waals surface area contributed by atoms with Gasteiger partial charge in [0.25, 0.3) is 0 Å². The van der Waals surface area contributed by atoms with Gasteiger partial charge in [0, 0.05) is 12.6 Å². The van der Waals surface area contributed by atoms with E-state index in [1.54, 1.807) is 24.3 Å². The predicted octanol–water partition coefficient (Wildman–Crippen LogP) is 4.14. The fraction of sp³-hybridized carbons (Fsp3) is 0.625. The number of rotatable bonds is 10. The molecule has 1 N–H and O–H groups in total. The lowest BCUT2D eigenvalue weighted by atomic mass is 10.1. The summed E-state index contributed by atoms with van der Waals surface area (Å²) in [7, 11) is 0. The van der Waals surface area contributed by atoms with Crippen molar-refractivity contribution in [1.29, 1.82) is 0 Å². The molecule has 1 rings (SSSR count). The minimum atomic E-state index is -2.78. The van der Waals surface area contributed by atoms with Crippen LogP contribution in [0.25, 0.3) is 0 Å². The van der Waals surface area contributed by atoms with Crippen LogP contribution in [0.4, 0.5) is 8.78 Å². The SMILES string of the molecule is CC(C)OCCCCNC(C)c1ccc(OC(F)F)cc1. The monoisotopic (exact) mass is 301 g/mol. The maximum absolute atomic E-state index is 12.1. The van der Waals surface area contributed by atoms with Crippen molar-refractivity contribution >= 4 is 0 Å². The zero-order chi connectivity index (χ0) is 15.7. The third kappa shape index (κ3) is 7.97. The van der Waals surface area contributed by atoms with Gasteiger partial charge in [-0.1, -0.05) is 12.1 Å². The van der Waals surface area contributed by atoms with E-state index in [2.05, 4.69) is 10.1 Å². The minimum Gasteiger partial charge on any atom is -0.435 e. The van der Waals surface area contributed by atoms with Gasteiger partial charge in [0.15, 0.2) is 0 Å². The number of halogens is 2. The highest BCUT2D eigenvalue weighted by molar-refractivity contribution is 5.28. The summed E-state index contributed by atoms with van der Waals surface area (Å²) in [4.78, 5) is 0. The Kier molecular flexibility index (Phi) is 8.23. The molecule has 0 aliphatic heterocycles. The highest BCUT2D eigenvalue weighted by atomic mass is 19.3. The van der Waals surface area contributed by atoms with E-state index in [4.69, 9.17) is 4.74 Å². The average molecular weight is 301 g/mol. The van der Waals surface area contributed by atoms with Crippen molar-refractivity contribution < 1.29 is 18.3 Å². The van der Waals surface area contributed by atoms with Crippen LogP contribution in [0.15, 0.2) is 24.3 Å². The van der Waals surface area contributed by atoms with Crippen molar-refractivity contribution in [1.82, 2.24) is 5.32 Å². The molecule has 0 amide bonds. The largest absolute Gasteiger partial charge is 0.435 e. The molecule has 21 heavy (non-hydrogen) atoms. The number of hydrogen-bond acceptors (Lipinski definition) is 3. The molecular formula is C16H25F2NO2. The van der Waals surface area contributed by atoms with Crippen LogP contribution in [0.5, 0.6) is 5.75 Å². The molecule has 120 valence electrons. The smallest absolute Gasteiger partial charge is 0.387 e. The molecule has 1 atom stereocenters. The van der Waals surface area contributed by atoms with Gasteiger partial charge < -0.3 is 14.8 Å². The van der Waals surface area contributed by atoms with Crippen molar-refractivity contribution in [3.8, 4) is 5.75 Å². The van der Waals surface area contributed by atoms with E-state index >= 15 is 0 Å². The molecule has 3 nitrogen and oxygen atoms in total. The van der Waals surface area contributed by atoms with Gasteiger partial charge in [0.2, 0.25) is 0 Å². The van der Waals surface area contributed by atoms with Gasteiger partial charge in [0.05, 0.1) is 6.10 Å². The van der Waals surface area contributed by atoms with Crippen LogP contribution in [0, 0.1) is 0 Å². The zero-order valence-corrected chi connectivity index (χ0v) is 12.9. The van der Waals surface area contributed by atoms with Gasteiger partial charge in [-0.05, 0) is 57.9 Å². The topological polar surface area (TPSA) is 30.5 Å². The first-order valence-corrected chi connectivity index (χ1v) is 7.38. The predicted molar refractivity (Wildman–Crippen MR) is 79.8 cm³/mol. The molecule has 0 radical (unpaired) electrons. The quantitative estimate of drug-likeness (QED) is 0.659. The van der Waals surface area contributed by atoms with Crippen LogP contribution in [-0.2, 0) is 4.74 Å². The first kappa shape index (κ1) is 17.9. The van der Waals surface area contributed by atoms with E-state index in [0.717, 1.165) is 31.6 Å². The van der Waals surface area contributed by atoms with Gasteiger partial charge in [-0.15, -0.1) is 0 Å². The van der Waals surface area contributed by atoms with Crippen molar-refractivity contribution in [2.45, 2.75) is 52.4 Å². The number of hydrogen-bond donors (Lipinski definition) is 1. The second kappa shape index (κ2) is 9.68. The Morgan fingerprint density at radius 2 is 1.71 bits per heavy atom. The summed E-state index contributed by atoms with van der Waals surface area (Å²) >= 11 is 0. The van der Waals surface area contributed by atoms with Gasteiger partial charge in [0.1, 0.15) is 5.75 Å². The summed E-state index contributed by atoms with van der Waals surface area (Å²) in [6.07, 6.45) is 2.36. The molecule has 0 spiro atoms. The van der Waals surface area contributed by atoms with Crippen LogP contribution in [0.3, 0.4) is 0 Å². The Labute approximate surface area is 125 Å². The Morgan fingerprint density at radius 1 is 1.05 bits per heavy atom. The van der Waals surface area contributed by atoms with Crippen LogP contribution in [0.2, 0.25) is 0 Å². The normalized spacial score (nSPS) is 12.9. The van der Waals surface area contributed by atoms with E-state index in [0.29, 0.717) is 0 Å². The molecule has 0 aliphatic carbocycles. The number of nitrogens with one attached hydrogen (secondary N) is 1. The molecular weight excluding hydrogens is 276 g/mol. The molecule has 1 aromatic carbocycles. The Bertz CT molecular complexity index is 382. The molecule has 0 aromatic heterocycles. The molecule has 0 aliphatic rings. The second-order valence-corrected chi connectivity index (χ2v) is 5.25. The molecule has 0 bridgehead atoms. The van der Waals surface area contributed by atoms with E-state index in [-0.39, 0.29) is 17.9 Å². The summed E-state index contributed by atoms with van der Waals surface area (Å²) < 4.78 is 33.9. The van der Waals surface area contributed by atoms with Crippen molar-refractivity contribution in [3.05, 3.63) is 29.8 Å². The van der Waals surface area contributed by atoms with Gasteiger partial charge in [-0.3, -0.25) is 0 Å². The first-order valence-electron chi connectivity index (χ1n) is 7.38. The molecule has 0 fully saturated rings. The third-order valence-electron chi connectivity index (χ3n) is 3.08. The fourth-order valence-corrected chi connectivity index (χ4v) is 1.92. The van der Waals surface area contributed by atoms with E-state index in [9.17, 15) is 8.78 Å². The van der Waals surface area contributed by atoms with Crippen molar-refractivity contribution in [2.75, 3.05) is 13.2 Å². The summed E-state index contributed by atoms with van der Waals surface area (Å²) in [5.74, 6) is 0.187. The number of benzene rings is 1. The molecule has 1 aromatic rings. The van der Waals surface area contributed by atoms with Crippen LogP contribution in [0.1, 0.15) is 45.2 Å². The standard InChI is InChI=1S/C16H25F2NO2/c1-12(2)20-11-5-4-10-19-13(3)14-6-8-15(9-7-14)21-16(17)18/h6-9,12-13,16,19H,4-5,10-11H2,1-3H3. The van der Waals surface area contributed by atoms with E-state index in [1.807, 2.05) is 20.8 Å². The molecule has 5 heteroatoms. The van der Waals surface area contributed by atoms with Crippen LogP contribution >= 0.6 is 0 Å². The second-order valence-electron chi connectivity index (χ2n) is 5.25. The maximum atomic E-state index is 12.1. The fourth-order valence-electron chi connectivity index (χ4n) is 1.92. The summed E-state index contributed by atoms with van der Waals surface area (Å²) in [5, 5.41) is 3.40. The molecule has 0 saturated carbocycles. The molecule has 0 heterocycles. The van der Waals surface area contributed by atoms with E-state index in [1.165, 1.54) is 0 Å². The molecule has 0 saturated heterocycles. The average Bonchev–Trinajstić information content (AvgIpc) is 2.42. The van der Waals surface area contributed by atoms with Gasteiger partial charge >= 0.3 is 6.61 Å². The van der Waals surface area contributed by atoms with Crippen LogP contribution in [-0.4, -0.2) is 25.9 Å². The number of unbranched alkanes of at least 4 members (excludes halogenated alkanes) is 1. The lowest BCUT2D eigenvalue weighted by molar-refractivity contribution is -0.0498. The maximum Gasteiger partial charge on any atom is 0.387 e. The first-order chi connectivity index (χ1) is 9.99. The Hall–Kier alpha value is -1.20. The third-order valence-corrected chi connectivity index (χ3v) is 3.08. The highest BCUT2D eigenvalue weighted by Crippen LogP contribution is 2.19. The van der Waals surface area contributed by atoms with E-state index < -0.39 is 6.61 Å². The van der Waals surface area contributed by atoms with Gasteiger partial charge in [-0.2, -0.15) is 8.78 Å². The number of alkyl halides is 2. The zero-order valence-electron chi connectivity index (χ0n) is 12.9. The minimum absolute atomic E-state index is 0.177. The summed E-state index contributed by atoms with van der Waals surface area (Å²) in [6, 6.07) is 6.91. The lowest BCUT2D eigenvalue weighted by Gasteiger charge is -2.15. The Balaban J connectivity index is 2.24. The molecule has 1 unspecified atom stereocenters. The highest BCUT2D eigenvalue weighted by Gasteiger charge is 2.07. The summed E-state index contributed by atoms with van der Waals surface area (Å²) in [5.41, 5.74) is 1.05. The summed E-state index contributed by atoms with van der Waals surface area (Å²) in [6.45, 7) is 5.02. The van der Waals surface area contributed by atoms with Crippen LogP contribution < -0.4 is 10.1 Å². The Morgan fingerprint density at radius 3 is 2.29 bits per heavy atom. The van der Waals surface area contributed by atoms with Crippen molar-refractivity contribution in [2.24, 2.45) is 0 Å².